The number of carbonyl (C=O) groups is 2. The Balaban J connectivity index is 1.59. The van der Waals surface area contributed by atoms with Crippen LogP contribution in [0.4, 0.5) is 5.69 Å². The van der Waals surface area contributed by atoms with Crippen molar-refractivity contribution in [1.82, 2.24) is 5.32 Å². The molecule has 0 aromatic heterocycles. The number of phenols is 1. The van der Waals surface area contributed by atoms with Gasteiger partial charge in [-0.15, -0.1) is 0 Å². The number of anilines is 1. The molecule has 0 aliphatic heterocycles. The van der Waals surface area contributed by atoms with Crippen molar-refractivity contribution in [2.45, 2.75) is 32.2 Å². The molecule has 0 heterocycles. The van der Waals surface area contributed by atoms with Crippen molar-refractivity contribution >= 4 is 17.5 Å². The first kappa shape index (κ1) is 17.0. The van der Waals surface area contributed by atoms with Gasteiger partial charge >= 0.3 is 0 Å². The number of carbonyl (C=O) groups excluding carboxylic acids is 2. The molecule has 25 heavy (non-hydrogen) atoms. The van der Waals surface area contributed by atoms with Crippen molar-refractivity contribution in [3.05, 3.63) is 59.7 Å². The maximum atomic E-state index is 12.2. The number of phenolic OH excluding ortho intramolecular Hbond substituents is 1. The molecule has 1 fully saturated rings. The Morgan fingerprint density at radius 3 is 2.56 bits per heavy atom. The van der Waals surface area contributed by atoms with Crippen LogP contribution in [0.1, 0.15) is 41.6 Å². The summed E-state index contributed by atoms with van der Waals surface area (Å²) in [5.74, 6) is -0.187. The van der Waals surface area contributed by atoms with Gasteiger partial charge in [-0.25, -0.2) is 0 Å². The van der Waals surface area contributed by atoms with Gasteiger partial charge in [0.25, 0.3) is 5.91 Å². The lowest BCUT2D eigenvalue weighted by atomic mass is 10.1. The maximum Gasteiger partial charge on any atom is 0.255 e. The highest BCUT2D eigenvalue weighted by Crippen LogP contribution is 2.26. The second kappa shape index (κ2) is 7.83. The first-order valence-electron chi connectivity index (χ1n) is 8.59. The minimum Gasteiger partial charge on any atom is -0.507 e. The minimum absolute atomic E-state index is 0.0439. The zero-order valence-electron chi connectivity index (χ0n) is 14.0. The molecule has 1 saturated carbocycles. The van der Waals surface area contributed by atoms with E-state index in [-0.39, 0.29) is 29.0 Å². The largest absolute Gasteiger partial charge is 0.507 e. The summed E-state index contributed by atoms with van der Waals surface area (Å²) in [7, 11) is 0. The van der Waals surface area contributed by atoms with Crippen LogP contribution >= 0.6 is 0 Å². The molecular formula is C20H22N2O3. The van der Waals surface area contributed by atoms with Crippen molar-refractivity contribution in [2.75, 3.05) is 5.32 Å². The number of para-hydroxylation sites is 1. The highest BCUT2D eigenvalue weighted by molar-refractivity contribution is 5.96. The summed E-state index contributed by atoms with van der Waals surface area (Å²) in [6.07, 6.45) is 4.16. The van der Waals surface area contributed by atoms with E-state index in [1.165, 1.54) is 6.07 Å². The highest BCUT2D eigenvalue weighted by atomic mass is 16.3. The van der Waals surface area contributed by atoms with Gasteiger partial charge in [0, 0.05) is 18.2 Å². The molecule has 5 nitrogen and oxygen atoms in total. The molecule has 0 radical (unpaired) electrons. The minimum atomic E-state index is -0.335. The van der Waals surface area contributed by atoms with Crippen LogP contribution in [-0.4, -0.2) is 16.9 Å². The number of benzene rings is 2. The van der Waals surface area contributed by atoms with Gasteiger partial charge in [-0.3, -0.25) is 9.59 Å². The van der Waals surface area contributed by atoms with Crippen LogP contribution in [0.5, 0.6) is 5.75 Å². The highest BCUT2D eigenvalue weighted by Gasteiger charge is 2.22. The van der Waals surface area contributed by atoms with Gasteiger partial charge in [0.2, 0.25) is 5.91 Å². The number of aromatic hydroxyl groups is 1. The second-order valence-corrected chi connectivity index (χ2v) is 6.37. The molecule has 0 bridgehead atoms. The lowest BCUT2D eigenvalue weighted by molar-refractivity contribution is -0.119. The maximum absolute atomic E-state index is 12.2. The van der Waals surface area contributed by atoms with E-state index in [2.05, 4.69) is 10.6 Å². The average Bonchev–Trinajstić information content (AvgIpc) is 3.15. The standard InChI is InChI=1S/C20H22N2O3/c23-18-11-4-3-10-17(18)20(25)21-13-14-6-5-9-16(12-14)22-19(24)15-7-1-2-8-15/h3-6,9-12,15,23H,1-2,7-8,13H2,(H,21,25)(H,22,24). The molecular weight excluding hydrogens is 316 g/mol. The number of amides is 2. The van der Waals surface area contributed by atoms with E-state index in [1.807, 2.05) is 24.3 Å². The molecule has 1 aliphatic carbocycles. The fourth-order valence-corrected chi connectivity index (χ4v) is 3.13. The summed E-state index contributed by atoms with van der Waals surface area (Å²) in [6, 6.07) is 13.9. The van der Waals surface area contributed by atoms with Gasteiger partial charge in [-0.1, -0.05) is 37.1 Å². The van der Waals surface area contributed by atoms with Crippen LogP contribution in [0.25, 0.3) is 0 Å². The molecule has 3 N–H and O–H groups in total. The van der Waals surface area contributed by atoms with Gasteiger partial charge in [-0.2, -0.15) is 0 Å². The van der Waals surface area contributed by atoms with E-state index in [4.69, 9.17) is 0 Å². The quantitative estimate of drug-likeness (QED) is 0.781. The predicted octanol–water partition coefficient (Wildman–Crippen LogP) is 3.45. The van der Waals surface area contributed by atoms with Crippen LogP contribution in [0.3, 0.4) is 0 Å². The lowest BCUT2D eigenvalue weighted by Gasteiger charge is -2.12. The summed E-state index contributed by atoms with van der Waals surface area (Å²) in [5.41, 5.74) is 1.87. The number of nitrogens with one attached hydrogen (secondary N) is 2. The monoisotopic (exact) mass is 338 g/mol. The third kappa shape index (κ3) is 4.38. The Morgan fingerprint density at radius 2 is 1.80 bits per heavy atom. The first-order valence-corrected chi connectivity index (χ1v) is 8.59. The first-order chi connectivity index (χ1) is 12.1. The average molecular weight is 338 g/mol. The SMILES string of the molecule is O=C(NCc1cccc(NC(=O)C2CCCC2)c1)c1ccccc1O. The number of rotatable bonds is 5. The molecule has 1 aliphatic rings. The molecule has 3 rings (SSSR count). The Labute approximate surface area is 147 Å². The van der Waals surface area contributed by atoms with Gasteiger partial charge < -0.3 is 15.7 Å². The van der Waals surface area contributed by atoms with E-state index in [0.717, 1.165) is 36.9 Å². The molecule has 2 aromatic rings. The second-order valence-electron chi connectivity index (χ2n) is 6.37. The van der Waals surface area contributed by atoms with Crippen molar-refractivity contribution < 1.29 is 14.7 Å². The summed E-state index contributed by atoms with van der Waals surface area (Å²) >= 11 is 0. The predicted molar refractivity (Wildman–Crippen MR) is 96.3 cm³/mol. The van der Waals surface area contributed by atoms with Gasteiger partial charge in [0.05, 0.1) is 5.56 Å². The third-order valence-electron chi connectivity index (χ3n) is 4.52. The van der Waals surface area contributed by atoms with E-state index in [0.29, 0.717) is 6.54 Å². The molecule has 0 spiro atoms. The summed E-state index contributed by atoms with van der Waals surface area (Å²) in [6.45, 7) is 0.320. The van der Waals surface area contributed by atoms with Gasteiger partial charge in [0.1, 0.15) is 5.75 Å². The molecule has 2 amide bonds. The zero-order valence-corrected chi connectivity index (χ0v) is 14.0. The summed E-state index contributed by atoms with van der Waals surface area (Å²) < 4.78 is 0. The fourth-order valence-electron chi connectivity index (χ4n) is 3.13. The van der Waals surface area contributed by atoms with Gasteiger partial charge in [0.15, 0.2) is 0 Å². The normalized spacial score (nSPS) is 14.2. The van der Waals surface area contributed by atoms with Crippen molar-refractivity contribution in [1.29, 1.82) is 0 Å². The van der Waals surface area contributed by atoms with E-state index in [9.17, 15) is 14.7 Å². The van der Waals surface area contributed by atoms with E-state index >= 15 is 0 Å². The molecule has 130 valence electrons. The van der Waals surface area contributed by atoms with Gasteiger partial charge in [-0.05, 0) is 42.7 Å². The Hall–Kier alpha value is -2.82. The molecule has 2 aromatic carbocycles. The summed E-state index contributed by atoms with van der Waals surface area (Å²) in [4.78, 5) is 24.3. The topological polar surface area (TPSA) is 78.4 Å². The zero-order chi connectivity index (χ0) is 17.6. The van der Waals surface area contributed by atoms with Crippen molar-refractivity contribution in [3.8, 4) is 5.75 Å². The number of hydrogen-bond acceptors (Lipinski definition) is 3. The van der Waals surface area contributed by atoms with E-state index in [1.54, 1.807) is 18.2 Å². The summed E-state index contributed by atoms with van der Waals surface area (Å²) in [5, 5.41) is 15.5. The van der Waals surface area contributed by atoms with Crippen LogP contribution in [0.15, 0.2) is 48.5 Å². The molecule has 5 heteroatoms. The Bertz CT molecular complexity index is 767. The van der Waals surface area contributed by atoms with E-state index < -0.39 is 0 Å². The third-order valence-corrected chi connectivity index (χ3v) is 4.52. The van der Waals surface area contributed by atoms with Crippen LogP contribution in [0.2, 0.25) is 0 Å². The Morgan fingerprint density at radius 1 is 1.04 bits per heavy atom. The number of hydrogen-bond donors (Lipinski definition) is 3. The van der Waals surface area contributed by atoms with Crippen LogP contribution in [-0.2, 0) is 11.3 Å². The molecule has 0 atom stereocenters. The fraction of sp³-hybridized carbons (Fsp3) is 0.300. The molecule has 0 saturated heterocycles. The smallest absolute Gasteiger partial charge is 0.255 e. The van der Waals surface area contributed by atoms with Crippen molar-refractivity contribution in [3.63, 3.8) is 0 Å². The van der Waals surface area contributed by atoms with Crippen LogP contribution in [0, 0.1) is 5.92 Å². The Kier molecular flexibility index (Phi) is 5.33. The molecule has 0 unspecified atom stereocenters. The lowest BCUT2D eigenvalue weighted by Crippen LogP contribution is -2.23. The van der Waals surface area contributed by atoms with Crippen molar-refractivity contribution in [2.24, 2.45) is 5.92 Å². The van der Waals surface area contributed by atoms with Crippen LogP contribution < -0.4 is 10.6 Å².